The zero-order valence-electron chi connectivity index (χ0n) is 14.7. The topological polar surface area (TPSA) is 26.3 Å². The first-order chi connectivity index (χ1) is 9.47. The molecule has 120 valence electrons. The summed E-state index contributed by atoms with van der Waals surface area (Å²) in [5.74, 6) is 0.834. The smallest absolute Gasteiger partial charge is 0.192 e. The molecule has 3 atom stereocenters. The lowest BCUT2D eigenvalue weighted by atomic mass is 9.73. The van der Waals surface area contributed by atoms with Gasteiger partial charge in [-0.25, -0.2) is 0 Å². The largest absolute Gasteiger partial charge is 0.413 e. The summed E-state index contributed by atoms with van der Waals surface area (Å²) < 4.78 is 6.76. The summed E-state index contributed by atoms with van der Waals surface area (Å²) in [5.41, 5.74) is 1.26. The van der Waals surface area contributed by atoms with Gasteiger partial charge in [0.15, 0.2) is 8.32 Å². The van der Waals surface area contributed by atoms with Gasteiger partial charge in [-0.1, -0.05) is 39.8 Å². The van der Waals surface area contributed by atoms with Gasteiger partial charge in [-0.2, -0.15) is 0 Å². The number of fused-ring (bicyclic) bond motifs is 1. The Labute approximate surface area is 131 Å². The van der Waals surface area contributed by atoms with Crippen LogP contribution < -0.4 is 0 Å². The Bertz CT molecular complexity index is 447. The van der Waals surface area contributed by atoms with Crippen molar-refractivity contribution in [2.75, 3.05) is 0 Å². The minimum Gasteiger partial charge on any atom is -0.413 e. The lowest BCUT2D eigenvalue weighted by Crippen LogP contribution is -2.47. The Hall–Kier alpha value is -0.413. The van der Waals surface area contributed by atoms with Crippen LogP contribution in [0.2, 0.25) is 18.1 Å². The van der Waals surface area contributed by atoms with Crippen LogP contribution in [0.1, 0.15) is 59.8 Å². The van der Waals surface area contributed by atoms with Gasteiger partial charge in [0.05, 0.1) is 6.10 Å². The Balaban J connectivity index is 2.23. The van der Waals surface area contributed by atoms with Gasteiger partial charge in [0.1, 0.15) is 5.78 Å². The molecule has 2 aliphatic carbocycles. The fourth-order valence-electron chi connectivity index (χ4n) is 3.81. The molecule has 0 aromatic carbocycles. The van der Waals surface area contributed by atoms with Crippen molar-refractivity contribution < 1.29 is 9.22 Å². The van der Waals surface area contributed by atoms with Gasteiger partial charge in [-0.05, 0) is 48.7 Å². The van der Waals surface area contributed by atoms with Crippen LogP contribution in [-0.4, -0.2) is 20.2 Å². The van der Waals surface area contributed by atoms with Gasteiger partial charge in [0.2, 0.25) is 0 Å². The maximum absolute atomic E-state index is 11.9. The third-order valence-electron chi connectivity index (χ3n) is 6.35. The zero-order valence-corrected chi connectivity index (χ0v) is 15.7. The fraction of sp³-hybridized carbons (Fsp3) is 0.833. The van der Waals surface area contributed by atoms with Crippen LogP contribution in [-0.2, 0) is 9.22 Å². The molecular formula is C18H32O2Si. The fourth-order valence-corrected chi connectivity index (χ4v) is 5.26. The van der Waals surface area contributed by atoms with E-state index in [0.29, 0.717) is 30.6 Å². The molecule has 2 nitrogen and oxygen atoms in total. The maximum Gasteiger partial charge on any atom is 0.192 e. The molecule has 0 amide bonds. The Morgan fingerprint density at radius 2 is 1.90 bits per heavy atom. The van der Waals surface area contributed by atoms with Crippen LogP contribution in [0.25, 0.3) is 0 Å². The molecule has 2 rings (SSSR count). The van der Waals surface area contributed by atoms with E-state index in [-0.39, 0.29) is 10.5 Å². The van der Waals surface area contributed by atoms with Crippen molar-refractivity contribution in [3.8, 4) is 0 Å². The standard InChI is InChI=1S/C18H32O2Si/c1-13-12-14(19)10-11-18(5)15(13)8-9-16(18)20-21(6,7)17(2,3)4/h15-16H,1,8-12H2,2-7H3/t15-,16-,18-/m0/s1. The summed E-state index contributed by atoms with van der Waals surface area (Å²) in [6.45, 7) is 18.1. The van der Waals surface area contributed by atoms with E-state index in [4.69, 9.17) is 4.43 Å². The molecule has 0 saturated heterocycles. The number of rotatable bonds is 2. The quantitative estimate of drug-likeness (QED) is 0.524. The third-order valence-corrected chi connectivity index (χ3v) is 10.8. The molecule has 2 fully saturated rings. The Morgan fingerprint density at radius 1 is 1.29 bits per heavy atom. The average Bonchev–Trinajstić information content (AvgIpc) is 2.57. The van der Waals surface area contributed by atoms with Gasteiger partial charge >= 0.3 is 0 Å². The zero-order chi connectivity index (χ0) is 16.1. The second-order valence-corrected chi connectivity index (χ2v) is 13.6. The van der Waals surface area contributed by atoms with E-state index in [1.807, 2.05) is 0 Å². The summed E-state index contributed by atoms with van der Waals surface area (Å²) in [5, 5.41) is 0.235. The van der Waals surface area contributed by atoms with Crippen molar-refractivity contribution in [1.29, 1.82) is 0 Å². The van der Waals surface area contributed by atoms with Crippen LogP contribution in [0, 0.1) is 11.3 Å². The molecule has 2 aliphatic rings. The van der Waals surface area contributed by atoms with Crippen molar-refractivity contribution in [2.45, 2.75) is 84.0 Å². The van der Waals surface area contributed by atoms with Crippen molar-refractivity contribution in [3.63, 3.8) is 0 Å². The summed E-state index contributed by atoms with van der Waals surface area (Å²) in [6.07, 6.45) is 4.82. The van der Waals surface area contributed by atoms with E-state index < -0.39 is 8.32 Å². The molecule has 0 bridgehead atoms. The molecule has 0 unspecified atom stereocenters. The van der Waals surface area contributed by atoms with E-state index >= 15 is 0 Å². The number of hydrogen-bond acceptors (Lipinski definition) is 2. The first kappa shape index (κ1) is 16.9. The summed E-state index contributed by atoms with van der Waals surface area (Å²) >= 11 is 0. The second kappa shape index (κ2) is 5.34. The van der Waals surface area contributed by atoms with E-state index in [1.165, 1.54) is 0 Å². The number of carbonyl (C=O) groups excluding carboxylic acids is 1. The van der Waals surface area contributed by atoms with Crippen LogP contribution in [0.3, 0.4) is 0 Å². The number of allylic oxidation sites excluding steroid dienone is 1. The van der Waals surface area contributed by atoms with Crippen molar-refractivity contribution >= 4 is 14.1 Å². The summed E-state index contributed by atoms with van der Waals surface area (Å²) in [6, 6.07) is 0. The minimum atomic E-state index is -1.76. The molecule has 2 saturated carbocycles. The number of ketones is 1. The molecule has 0 aliphatic heterocycles. The first-order valence-corrected chi connectivity index (χ1v) is 11.3. The van der Waals surface area contributed by atoms with Crippen LogP contribution in [0.4, 0.5) is 0 Å². The number of hydrogen-bond donors (Lipinski definition) is 0. The molecule has 21 heavy (non-hydrogen) atoms. The number of Topliss-reactive ketones (excluding diaryl/α,β-unsaturated/α-hetero) is 1. The summed E-state index contributed by atoms with van der Waals surface area (Å²) in [4.78, 5) is 11.9. The highest BCUT2D eigenvalue weighted by atomic mass is 28.4. The molecule has 0 radical (unpaired) electrons. The van der Waals surface area contributed by atoms with Crippen LogP contribution >= 0.6 is 0 Å². The highest BCUT2D eigenvalue weighted by Gasteiger charge is 2.52. The first-order valence-electron chi connectivity index (χ1n) is 8.34. The monoisotopic (exact) mass is 308 g/mol. The highest BCUT2D eigenvalue weighted by Crippen LogP contribution is 2.54. The van der Waals surface area contributed by atoms with Crippen molar-refractivity contribution in [3.05, 3.63) is 12.2 Å². The van der Waals surface area contributed by atoms with Gasteiger partial charge in [0.25, 0.3) is 0 Å². The SMILES string of the molecule is C=C1CC(=O)CC[C@]2(C)[C@@H](O[Si](C)(C)C(C)(C)C)CC[C@@H]12. The van der Waals surface area contributed by atoms with Crippen molar-refractivity contribution in [2.24, 2.45) is 11.3 Å². The van der Waals surface area contributed by atoms with Gasteiger partial charge in [-0.15, -0.1) is 0 Å². The second-order valence-electron chi connectivity index (χ2n) is 8.88. The minimum absolute atomic E-state index is 0.110. The lowest BCUT2D eigenvalue weighted by Gasteiger charge is -2.44. The lowest BCUT2D eigenvalue weighted by molar-refractivity contribution is -0.118. The van der Waals surface area contributed by atoms with Gasteiger partial charge < -0.3 is 4.43 Å². The van der Waals surface area contributed by atoms with Gasteiger partial charge in [0, 0.05) is 12.8 Å². The molecule has 0 N–H and O–H groups in total. The van der Waals surface area contributed by atoms with Crippen molar-refractivity contribution in [1.82, 2.24) is 0 Å². The molecule has 0 aromatic rings. The average molecular weight is 309 g/mol. The highest BCUT2D eigenvalue weighted by molar-refractivity contribution is 6.74. The molecule has 3 heteroatoms. The molecule has 0 spiro atoms. The van der Waals surface area contributed by atoms with E-state index in [2.05, 4.69) is 47.4 Å². The van der Waals surface area contributed by atoms with E-state index in [1.54, 1.807) is 0 Å². The Morgan fingerprint density at radius 3 is 2.48 bits per heavy atom. The Kier molecular flexibility index (Phi) is 4.31. The van der Waals surface area contributed by atoms with Crippen LogP contribution in [0.5, 0.6) is 0 Å². The third kappa shape index (κ3) is 3.05. The number of carbonyl (C=O) groups is 1. The molecular weight excluding hydrogens is 276 g/mol. The molecule has 0 heterocycles. The van der Waals surface area contributed by atoms with Gasteiger partial charge in [-0.3, -0.25) is 4.79 Å². The predicted octanol–water partition coefficient (Wildman–Crippen LogP) is 5.10. The van der Waals surface area contributed by atoms with E-state index in [9.17, 15) is 4.79 Å². The maximum atomic E-state index is 11.9. The molecule has 0 aromatic heterocycles. The van der Waals surface area contributed by atoms with Crippen LogP contribution in [0.15, 0.2) is 12.2 Å². The summed E-state index contributed by atoms with van der Waals surface area (Å²) in [7, 11) is -1.76. The van der Waals surface area contributed by atoms with E-state index in [0.717, 1.165) is 24.8 Å². The normalized spacial score (nSPS) is 34.8. The predicted molar refractivity (Wildman–Crippen MR) is 90.9 cm³/mol.